The zero-order chi connectivity index (χ0) is 13.2. The minimum absolute atomic E-state index is 0.170. The van der Waals surface area contributed by atoms with Crippen molar-refractivity contribution < 1.29 is 17.9 Å². The van der Waals surface area contributed by atoms with Crippen molar-refractivity contribution >= 4 is 17.4 Å². The normalized spacial score (nSPS) is 21.1. The predicted molar refractivity (Wildman–Crippen MR) is 61.9 cm³/mol. The topological polar surface area (TPSA) is 25.4 Å². The van der Waals surface area contributed by atoms with Crippen molar-refractivity contribution in [3.05, 3.63) is 23.9 Å². The van der Waals surface area contributed by atoms with Gasteiger partial charge in [0.2, 0.25) is 0 Å². The molecule has 0 N–H and O–H groups in total. The second-order valence-corrected chi connectivity index (χ2v) is 4.30. The Kier molecular flexibility index (Phi) is 3.97. The molecule has 0 bridgehead atoms. The summed E-state index contributed by atoms with van der Waals surface area (Å²) in [6, 6.07) is 2.01. The first-order valence-electron chi connectivity index (χ1n) is 5.46. The fourth-order valence-electron chi connectivity index (χ4n) is 1.79. The van der Waals surface area contributed by atoms with Crippen LogP contribution in [0, 0.1) is 0 Å². The van der Waals surface area contributed by atoms with Crippen LogP contribution in [-0.2, 0) is 10.9 Å². The van der Waals surface area contributed by atoms with Gasteiger partial charge in [-0.05, 0) is 12.1 Å². The van der Waals surface area contributed by atoms with Crippen molar-refractivity contribution in [1.82, 2.24) is 4.98 Å². The molecule has 7 heteroatoms. The number of halogens is 4. The van der Waals surface area contributed by atoms with Crippen LogP contribution in [0.25, 0.3) is 0 Å². The maximum Gasteiger partial charge on any atom is 0.416 e. The third kappa shape index (κ3) is 3.05. The Morgan fingerprint density at radius 3 is 2.94 bits per heavy atom. The molecule has 0 aromatic carbocycles. The highest BCUT2D eigenvalue weighted by Gasteiger charge is 2.31. The van der Waals surface area contributed by atoms with Gasteiger partial charge in [-0.15, -0.1) is 11.6 Å². The molecule has 1 aromatic heterocycles. The zero-order valence-corrected chi connectivity index (χ0v) is 10.2. The van der Waals surface area contributed by atoms with Gasteiger partial charge < -0.3 is 9.64 Å². The Bertz CT molecular complexity index is 414. The quantitative estimate of drug-likeness (QED) is 0.779. The second-order valence-electron chi connectivity index (χ2n) is 3.99. The molecule has 1 fully saturated rings. The molecule has 1 aliphatic heterocycles. The molecule has 0 spiro atoms. The summed E-state index contributed by atoms with van der Waals surface area (Å²) in [5.74, 6) is 0.623. The number of anilines is 1. The van der Waals surface area contributed by atoms with Crippen LogP contribution in [0.5, 0.6) is 0 Å². The van der Waals surface area contributed by atoms with Crippen LogP contribution in [0.2, 0.25) is 0 Å². The number of hydrogen-bond acceptors (Lipinski definition) is 3. The number of morpholine rings is 1. The maximum atomic E-state index is 12.6. The lowest BCUT2D eigenvalue weighted by Gasteiger charge is -2.33. The largest absolute Gasteiger partial charge is 0.416 e. The van der Waals surface area contributed by atoms with Crippen molar-refractivity contribution in [3.8, 4) is 0 Å². The van der Waals surface area contributed by atoms with E-state index in [2.05, 4.69) is 4.98 Å². The fourth-order valence-corrected chi connectivity index (χ4v) is 1.98. The van der Waals surface area contributed by atoms with E-state index >= 15 is 0 Å². The Hall–Kier alpha value is -1.01. The number of ether oxygens (including phenoxy) is 1. The van der Waals surface area contributed by atoms with E-state index in [9.17, 15) is 13.2 Å². The van der Waals surface area contributed by atoms with E-state index in [4.69, 9.17) is 16.3 Å². The molecule has 1 unspecified atom stereocenters. The van der Waals surface area contributed by atoms with Crippen molar-refractivity contribution in [3.63, 3.8) is 0 Å². The smallest absolute Gasteiger partial charge is 0.373 e. The van der Waals surface area contributed by atoms with Crippen LogP contribution in [0.3, 0.4) is 0 Å². The molecule has 3 nitrogen and oxygen atoms in total. The fraction of sp³-hybridized carbons (Fsp3) is 0.545. The summed E-state index contributed by atoms with van der Waals surface area (Å²) in [5.41, 5.74) is -0.693. The van der Waals surface area contributed by atoms with Crippen LogP contribution in [0.1, 0.15) is 5.56 Å². The third-order valence-corrected chi connectivity index (χ3v) is 3.05. The van der Waals surface area contributed by atoms with E-state index in [1.807, 2.05) is 0 Å². The van der Waals surface area contributed by atoms with Gasteiger partial charge in [-0.3, -0.25) is 0 Å². The van der Waals surface area contributed by atoms with Crippen LogP contribution in [-0.4, -0.2) is 36.7 Å². The van der Waals surface area contributed by atoms with Gasteiger partial charge in [0, 0.05) is 19.3 Å². The molecule has 0 radical (unpaired) electrons. The summed E-state index contributed by atoms with van der Waals surface area (Å²) >= 11 is 5.68. The first-order valence-corrected chi connectivity index (χ1v) is 6.00. The Balaban J connectivity index is 2.18. The van der Waals surface area contributed by atoms with Gasteiger partial charge in [0.1, 0.15) is 5.82 Å². The van der Waals surface area contributed by atoms with Crippen LogP contribution in [0.15, 0.2) is 18.3 Å². The van der Waals surface area contributed by atoms with E-state index in [0.29, 0.717) is 31.4 Å². The number of aromatic nitrogens is 1. The number of pyridine rings is 1. The van der Waals surface area contributed by atoms with Gasteiger partial charge in [0.05, 0.1) is 24.2 Å². The number of hydrogen-bond donors (Lipinski definition) is 0. The van der Waals surface area contributed by atoms with Crippen LogP contribution in [0.4, 0.5) is 19.0 Å². The molecule has 1 aromatic rings. The molecule has 0 amide bonds. The molecule has 2 heterocycles. The van der Waals surface area contributed by atoms with Gasteiger partial charge >= 0.3 is 6.18 Å². The minimum atomic E-state index is -4.35. The Labute approximate surface area is 108 Å². The highest BCUT2D eigenvalue weighted by atomic mass is 35.5. The van der Waals surface area contributed by atoms with E-state index in [1.165, 1.54) is 6.20 Å². The average molecular weight is 281 g/mol. The monoisotopic (exact) mass is 280 g/mol. The molecule has 0 aliphatic carbocycles. The van der Waals surface area contributed by atoms with Gasteiger partial charge in [-0.1, -0.05) is 0 Å². The number of nitrogens with zero attached hydrogens (tertiary/aromatic N) is 2. The molecule has 2 rings (SSSR count). The van der Waals surface area contributed by atoms with Gasteiger partial charge in [0.15, 0.2) is 0 Å². The second kappa shape index (κ2) is 5.32. The first kappa shape index (κ1) is 13.4. The molecule has 0 saturated carbocycles. The van der Waals surface area contributed by atoms with E-state index in [-0.39, 0.29) is 6.10 Å². The number of rotatable bonds is 2. The molecule has 1 atom stereocenters. The van der Waals surface area contributed by atoms with Gasteiger partial charge in [0.25, 0.3) is 0 Å². The molecule has 1 aliphatic rings. The van der Waals surface area contributed by atoms with Crippen LogP contribution < -0.4 is 4.90 Å². The summed E-state index contributed by atoms with van der Waals surface area (Å²) in [6.07, 6.45) is -3.35. The van der Waals surface area contributed by atoms with E-state index in [1.54, 1.807) is 4.90 Å². The zero-order valence-electron chi connectivity index (χ0n) is 9.45. The van der Waals surface area contributed by atoms with Crippen LogP contribution >= 0.6 is 11.6 Å². The van der Waals surface area contributed by atoms with E-state index in [0.717, 1.165) is 12.1 Å². The summed E-state index contributed by atoms with van der Waals surface area (Å²) in [5, 5.41) is 0. The molecular weight excluding hydrogens is 269 g/mol. The lowest BCUT2D eigenvalue weighted by Crippen LogP contribution is -2.43. The van der Waals surface area contributed by atoms with Gasteiger partial charge in [-0.2, -0.15) is 13.2 Å². The molecule has 1 saturated heterocycles. The van der Waals surface area contributed by atoms with Crippen molar-refractivity contribution in [2.45, 2.75) is 12.3 Å². The summed E-state index contributed by atoms with van der Waals surface area (Å²) in [6.45, 7) is 1.41. The van der Waals surface area contributed by atoms with Gasteiger partial charge in [-0.25, -0.2) is 4.98 Å². The average Bonchev–Trinajstić information content (AvgIpc) is 2.38. The molecule has 100 valence electrons. The molecule has 18 heavy (non-hydrogen) atoms. The highest BCUT2D eigenvalue weighted by molar-refractivity contribution is 6.18. The van der Waals surface area contributed by atoms with Crippen molar-refractivity contribution in [1.29, 1.82) is 0 Å². The lowest BCUT2D eigenvalue weighted by atomic mass is 10.2. The summed E-state index contributed by atoms with van der Waals surface area (Å²) < 4.78 is 43.1. The predicted octanol–water partition coefficient (Wildman–Crippen LogP) is 2.54. The SMILES string of the molecule is FC(F)(F)c1ccnc(N2CCOC(CCl)C2)c1. The van der Waals surface area contributed by atoms with E-state index < -0.39 is 11.7 Å². The first-order chi connectivity index (χ1) is 8.50. The lowest BCUT2D eigenvalue weighted by molar-refractivity contribution is -0.137. The standard InChI is InChI=1S/C11H12ClF3N2O/c12-6-9-7-17(3-4-18-9)10-5-8(1-2-16-10)11(13,14)15/h1-2,5,9H,3-4,6-7H2. The minimum Gasteiger partial charge on any atom is -0.373 e. The van der Waals surface area contributed by atoms with Crippen molar-refractivity contribution in [2.24, 2.45) is 0 Å². The van der Waals surface area contributed by atoms with Crippen molar-refractivity contribution in [2.75, 3.05) is 30.5 Å². The third-order valence-electron chi connectivity index (χ3n) is 2.71. The summed E-state index contributed by atoms with van der Waals surface area (Å²) in [7, 11) is 0. The highest BCUT2D eigenvalue weighted by Crippen LogP contribution is 2.31. The Morgan fingerprint density at radius 1 is 1.50 bits per heavy atom. The Morgan fingerprint density at radius 2 is 2.28 bits per heavy atom. The number of alkyl halides is 4. The maximum absolute atomic E-state index is 12.6. The summed E-state index contributed by atoms with van der Waals surface area (Å²) in [4.78, 5) is 5.73. The molecular formula is C11H12ClF3N2O.